The van der Waals surface area contributed by atoms with Gasteiger partial charge in [0.25, 0.3) is 0 Å². The van der Waals surface area contributed by atoms with Gasteiger partial charge in [-0.25, -0.2) is 4.79 Å². The molecular formula is C12H17N3O. The first kappa shape index (κ1) is 11.0. The summed E-state index contributed by atoms with van der Waals surface area (Å²) in [7, 11) is 1.84. The van der Waals surface area contributed by atoms with Crippen LogP contribution in [0.25, 0.3) is 0 Å². The molecule has 0 radical (unpaired) electrons. The molecule has 0 spiro atoms. The lowest BCUT2D eigenvalue weighted by atomic mass is 10.2. The number of urea groups is 1. The van der Waals surface area contributed by atoms with Gasteiger partial charge in [-0.15, -0.1) is 0 Å². The highest BCUT2D eigenvalue weighted by Crippen LogP contribution is 2.23. The van der Waals surface area contributed by atoms with Crippen molar-refractivity contribution in [2.24, 2.45) is 5.73 Å². The number of carbonyl (C=O) groups excluding carboxylic acids is 1. The van der Waals surface area contributed by atoms with Gasteiger partial charge >= 0.3 is 6.03 Å². The minimum Gasteiger partial charge on any atom is -0.330 e. The first-order chi connectivity index (χ1) is 7.74. The van der Waals surface area contributed by atoms with E-state index in [0.717, 1.165) is 18.7 Å². The Hall–Kier alpha value is -1.55. The van der Waals surface area contributed by atoms with Gasteiger partial charge in [-0.1, -0.05) is 18.2 Å². The van der Waals surface area contributed by atoms with Crippen LogP contribution >= 0.6 is 0 Å². The Kier molecular flexibility index (Phi) is 3.10. The molecule has 0 aromatic heterocycles. The predicted molar refractivity (Wildman–Crippen MR) is 64.4 cm³/mol. The number of likely N-dealkylation sites (N-methyl/N-ethyl adjacent to an activating group) is 1. The minimum absolute atomic E-state index is 0.0599. The Bertz CT molecular complexity index is 366. The van der Waals surface area contributed by atoms with Crippen molar-refractivity contribution in [1.29, 1.82) is 0 Å². The zero-order chi connectivity index (χ0) is 11.5. The molecule has 1 unspecified atom stereocenters. The van der Waals surface area contributed by atoms with Crippen LogP contribution in [-0.2, 0) is 0 Å². The van der Waals surface area contributed by atoms with Crippen molar-refractivity contribution in [3.8, 4) is 0 Å². The van der Waals surface area contributed by atoms with Crippen LogP contribution < -0.4 is 10.6 Å². The average molecular weight is 219 g/mol. The van der Waals surface area contributed by atoms with E-state index >= 15 is 0 Å². The van der Waals surface area contributed by atoms with Crippen LogP contribution in [-0.4, -0.2) is 37.1 Å². The smallest absolute Gasteiger partial charge is 0.324 e. The van der Waals surface area contributed by atoms with E-state index in [9.17, 15) is 4.79 Å². The van der Waals surface area contributed by atoms with E-state index < -0.39 is 0 Å². The Labute approximate surface area is 95.6 Å². The number of nitrogens with zero attached hydrogens (tertiary/aromatic N) is 2. The molecule has 1 aliphatic heterocycles. The van der Waals surface area contributed by atoms with Crippen molar-refractivity contribution in [2.45, 2.75) is 12.5 Å². The average Bonchev–Trinajstić information content (AvgIpc) is 2.59. The Morgan fingerprint density at radius 1 is 1.38 bits per heavy atom. The van der Waals surface area contributed by atoms with Crippen LogP contribution in [0, 0.1) is 0 Å². The van der Waals surface area contributed by atoms with E-state index in [1.807, 2.05) is 37.4 Å². The molecule has 1 aromatic carbocycles. The Balaban J connectivity index is 2.16. The number of amides is 2. The maximum absolute atomic E-state index is 12.0. The third-order valence-corrected chi connectivity index (χ3v) is 3.04. The number of rotatable bonds is 3. The summed E-state index contributed by atoms with van der Waals surface area (Å²) in [4.78, 5) is 15.6. The summed E-state index contributed by atoms with van der Waals surface area (Å²) in [5, 5.41) is 0. The highest BCUT2D eigenvalue weighted by atomic mass is 16.2. The topological polar surface area (TPSA) is 49.6 Å². The molecule has 1 aromatic rings. The van der Waals surface area contributed by atoms with Gasteiger partial charge in [0.15, 0.2) is 0 Å². The zero-order valence-electron chi connectivity index (χ0n) is 9.47. The van der Waals surface area contributed by atoms with E-state index in [-0.39, 0.29) is 12.1 Å². The highest BCUT2D eigenvalue weighted by molar-refractivity contribution is 5.94. The van der Waals surface area contributed by atoms with Crippen molar-refractivity contribution in [3.05, 3.63) is 30.3 Å². The SMILES string of the molecule is CN1C(=O)N(c2ccccc2)CC1CCN. The molecule has 2 rings (SSSR count). The van der Waals surface area contributed by atoms with Crippen molar-refractivity contribution < 1.29 is 4.79 Å². The second-order valence-electron chi connectivity index (χ2n) is 4.07. The van der Waals surface area contributed by atoms with Gasteiger partial charge in [0.2, 0.25) is 0 Å². The van der Waals surface area contributed by atoms with Crippen LogP contribution in [0.3, 0.4) is 0 Å². The minimum atomic E-state index is 0.0599. The Morgan fingerprint density at radius 2 is 2.06 bits per heavy atom. The summed E-state index contributed by atoms with van der Waals surface area (Å²) in [5.41, 5.74) is 6.50. The second kappa shape index (κ2) is 4.53. The molecule has 0 saturated carbocycles. The molecule has 86 valence electrons. The molecule has 2 N–H and O–H groups in total. The quantitative estimate of drug-likeness (QED) is 0.832. The van der Waals surface area contributed by atoms with Crippen LogP contribution in [0.1, 0.15) is 6.42 Å². The van der Waals surface area contributed by atoms with Crippen LogP contribution in [0.5, 0.6) is 0 Å². The lowest BCUT2D eigenvalue weighted by Crippen LogP contribution is -2.32. The van der Waals surface area contributed by atoms with Crippen molar-refractivity contribution in [3.63, 3.8) is 0 Å². The molecule has 1 fully saturated rings. The second-order valence-corrected chi connectivity index (χ2v) is 4.07. The molecule has 1 heterocycles. The van der Waals surface area contributed by atoms with Crippen LogP contribution in [0.15, 0.2) is 30.3 Å². The fourth-order valence-corrected chi connectivity index (χ4v) is 2.06. The van der Waals surface area contributed by atoms with Crippen molar-refractivity contribution in [1.82, 2.24) is 4.90 Å². The van der Waals surface area contributed by atoms with E-state index in [1.165, 1.54) is 0 Å². The van der Waals surface area contributed by atoms with E-state index in [0.29, 0.717) is 6.54 Å². The molecule has 1 atom stereocenters. The molecule has 0 aliphatic carbocycles. The number of carbonyl (C=O) groups is 1. The summed E-state index contributed by atoms with van der Waals surface area (Å²) >= 11 is 0. The molecule has 1 saturated heterocycles. The summed E-state index contributed by atoms with van der Waals surface area (Å²) in [6.07, 6.45) is 0.853. The third kappa shape index (κ3) is 1.88. The first-order valence-electron chi connectivity index (χ1n) is 5.53. The number of nitrogens with two attached hydrogens (primary N) is 1. The summed E-state index contributed by atoms with van der Waals surface area (Å²) in [5.74, 6) is 0. The van der Waals surface area contributed by atoms with E-state index in [1.54, 1.807) is 9.80 Å². The van der Waals surface area contributed by atoms with Gasteiger partial charge in [-0.05, 0) is 25.1 Å². The predicted octanol–water partition coefficient (Wildman–Crippen LogP) is 1.28. The standard InChI is InChI=1S/C12H17N3O/c1-14-11(7-8-13)9-15(12(14)16)10-5-3-2-4-6-10/h2-6,11H,7-9,13H2,1H3. The van der Waals surface area contributed by atoms with Crippen molar-refractivity contribution in [2.75, 3.05) is 25.0 Å². The number of benzene rings is 1. The number of anilines is 1. The molecule has 2 amide bonds. The molecule has 4 nitrogen and oxygen atoms in total. The molecule has 0 bridgehead atoms. The van der Waals surface area contributed by atoms with E-state index in [2.05, 4.69) is 0 Å². The Morgan fingerprint density at radius 3 is 2.69 bits per heavy atom. The van der Waals surface area contributed by atoms with Crippen LogP contribution in [0.2, 0.25) is 0 Å². The molecular weight excluding hydrogens is 202 g/mol. The molecule has 4 heteroatoms. The fraction of sp³-hybridized carbons (Fsp3) is 0.417. The monoisotopic (exact) mass is 219 g/mol. The zero-order valence-corrected chi connectivity index (χ0v) is 9.47. The summed E-state index contributed by atoms with van der Waals surface area (Å²) in [6.45, 7) is 1.35. The normalized spacial score (nSPS) is 20.6. The third-order valence-electron chi connectivity index (χ3n) is 3.04. The van der Waals surface area contributed by atoms with Gasteiger partial charge in [0.1, 0.15) is 0 Å². The number of hydrogen-bond donors (Lipinski definition) is 1. The van der Waals surface area contributed by atoms with Gasteiger partial charge in [-0.2, -0.15) is 0 Å². The summed E-state index contributed by atoms with van der Waals surface area (Å²) < 4.78 is 0. The van der Waals surface area contributed by atoms with Gasteiger partial charge in [-0.3, -0.25) is 4.90 Å². The van der Waals surface area contributed by atoms with Gasteiger partial charge in [0, 0.05) is 19.3 Å². The number of hydrogen-bond acceptors (Lipinski definition) is 2. The van der Waals surface area contributed by atoms with E-state index in [4.69, 9.17) is 5.73 Å². The lowest BCUT2D eigenvalue weighted by Gasteiger charge is -2.16. The highest BCUT2D eigenvalue weighted by Gasteiger charge is 2.34. The molecule has 16 heavy (non-hydrogen) atoms. The van der Waals surface area contributed by atoms with Gasteiger partial charge in [0.05, 0.1) is 6.04 Å². The van der Waals surface area contributed by atoms with Crippen LogP contribution in [0.4, 0.5) is 10.5 Å². The molecule has 1 aliphatic rings. The van der Waals surface area contributed by atoms with Gasteiger partial charge < -0.3 is 10.6 Å². The number of para-hydroxylation sites is 1. The maximum atomic E-state index is 12.0. The largest absolute Gasteiger partial charge is 0.330 e. The fourth-order valence-electron chi connectivity index (χ4n) is 2.06. The van der Waals surface area contributed by atoms with Crippen molar-refractivity contribution >= 4 is 11.7 Å². The first-order valence-corrected chi connectivity index (χ1v) is 5.53. The lowest BCUT2D eigenvalue weighted by molar-refractivity contribution is 0.217. The summed E-state index contributed by atoms with van der Waals surface area (Å²) in [6, 6.07) is 10.0. The maximum Gasteiger partial charge on any atom is 0.324 e.